The number of fused-ring (bicyclic) bond motifs is 1. The fourth-order valence-corrected chi connectivity index (χ4v) is 9.43. The first-order chi connectivity index (χ1) is 29.9. The highest BCUT2D eigenvalue weighted by Gasteiger charge is 2.27. The van der Waals surface area contributed by atoms with E-state index in [1.54, 1.807) is 23.1 Å². The summed E-state index contributed by atoms with van der Waals surface area (Å²) in [7, 11) is 0. The molecular formula is C49H63N5O7S. The Morgan fingerprint density at radius 3 is 1.97 bits per heavy atom. The van der Waals surface area contributed by atoms with Gasteiger partial charge >= 0.3 is 11.9 Å². The van der Waals surface area contributed by atoms with Crippen molar-refractivity contribution in [2.24, 2.45) is 0 Å². The molecule has 0 radical (unpaired) electrons. The van der Waals surface area contributed by atoms with Crippen molar-refractivity contribution in [1.29, 1.82) is 0 Å². The molecule has 0 saturated heterocycles. The third-order valence-corrected chi connectivity index (χ3v) is 13.1. The first kappa shape index (κ1) is 47.7. The zero-order valence-electron chi connectivity index (χ0n) is 36.7. The van der Waals surface area contributed by atoms with Gasteiger partial charge in [0.1, 0.15) is 5.00 Å². The lowest BCUT2D eigenvalue weighted by Crippen LogP contribution is -2.45. The highest BCUT2D eigenvalue weighted by molar-refractivity contribution is 7.17. The van der Waals surface area contributed by atoms with Crippen molar-refractivity contribution in [3.63, 3.8) is 0 Å². The number of likely N-dealkylation sites (N-methyl/N-ethyl adjacent to an activating group) is 1. The van der Waals surface area contributed by atoms with Crippen molar-refractivity contribution in [1.82, 2.24) is 14.7 Å². The average molecular weight is 866 g/mol. The van der Waals surface area contributed by atoms with E-state index in [9.17, 15) is 34.2 Å². The van der Waals surface area contributed by atoms with Crippen LogP contribution in [0.4, 0.5) is 10.7 Å². The van der Waals surface area contributed by atoms with E-state index >= 15 is 0 Å². The number of carboxylic acid groups (broad SMARTS) is 2. The smallest absolute Gasteiger partial charge is 0.335 e. The van der Waals surface area contributed by atoms with Crippen LogP contribution in [-0.2, 0) is 41.8 Å². The van der Waals surface area contributed by atoms with E-state index in [1.165, 1.54) is 11.3 Å². The number of amides is 3. The molecule has 1 aliphatic carbocycles. The summed E-state index contributed by atoms with van der Waals surface area (Å²) < 4.78 is 0. The quantitative estimate of drug-likeness (QED) is 0.0541. The van der Waals surface area contributed by atoms with Gasteiger partial charge in [-0.05, 0) is 123 Å². The Bertz CT molecular complexity index is 2130. The van der Waals surface area contributed by atoms with Crippen LogP contribution in [0.5, 0.6) is 0 Å². The summed E-state index contributed by atoms with van der Waals surface area (Å²) in [6, 6.07) is 22.5. The number of nitrogens with zero attached hydrogens (tertiary/aromatic N) is 3. The van der Waals surface area contributed by atoms with Gasteiger partial charge in [0.05, 0.1) is 17.5 Å². The summed E-state index contributed by atoms with van der Waals surface area (Å²) in [5.41, 5.74) is 6.02. The lowest BCUT2D eigenvalue weighted by molar-refractivity contribution is -0.141. The number of anilines is 2. The van der Waals surface area contributed by atoms with Gasteiger partial charge in [0.15, 0.2) is 0 Å². The second-order valence-corrected chi connectivity index (χ2v) is 17.1. The van der Waals surface area contributed by atoms with Crippen LogP contribution in [0.2, 0.25) is 0 Å². The van der Waals surface area contributed by atoms with E-state index < -0.39 is 11.9 Å². The van der Waals surface area contributed by atoms with Gasteiger partial charge in [0, 0.05) is 61.3 Å². The van der Waals surface area contributed by atoms with Gasteiger partial charge in [-0.15, -0.1) is 11.3 Å². The molecule has 1 aliphatic rings. The van der Waals surface area contributed by atoms with Crippen LogP contribution < -0.4 is 10.6 Å². The molecule has 13 heteroatoms. The molecule has 5 rings (SSSR count). The summed E-state index contributed by atoms with van der Waals surface area (Å²) in [5, 5.41) is 25.2. The standard InChI is InChI=1S/C49H63N5O7S/c1-5-40(6-2)54(31-30-53(29-28-52(7-3)8-4)43(55)26-27-44(56)57)33-36-12-11-13-38(32-36)46(58)51-48-45(41-14-9-10-15-42(41)62-48)47(59)50-39-24-20-35(21-25-39)17-16-34-18-22-37(23-19-34)49(60)61/h11-13,18-25,32,40H,5-10,14-17,26-31,33H2,1-4H3,(H,50,59)(H,51,58)(H,56,57)(H,60,61). The Morgan fingerprint density at radius 1 is 0.694 bits per heavy atom. The fourth-order valence-electron chi connectivity index (χ4n) is 8.15. The molecule has 4 aromatic rings. The minimum atomic E-state index is -0.984. The largest absolute Gasteiger partial charge is 0.481 e. The molecule has 332 valence electrons. The topological polar surface area (TPSA) is 160 Å². The van der Waals surface area contributed by atoms with Crippen LogP contribution in [0.3, 0.4) is 0 Å². The molecule has 0 fully saturated rings. The van der Waals surface area contributed by atoms with Crippen molar-refractivity contribution in [2.75, 3.05) is 49.9 Å². The van der Waals surface area contributed by atoms with Crippen LogP contribution in [0.1, 0.15) is 124 Å². The van der Waals surface area contributed by atoms with E-state index in [-0.39, 0.29) is 42.2 Å². The number of carbonyl (C=O) groups is 5. The molecule has 4 N–H and O–H groups in total. The first-order valence-corrected chi connectivity index (χ1v) is 23.0. The number of rotatable bonds is 24. The molecule has 1 heterocycles. The van der Waals surface area contributed by atoms with Crippen molar-refractivity contribution in [2.45, 2.75) is 104 Å². The third kappa shape index (κ3) is 13.6. The van der Waals surface area contributed by atoms with Gasteiger partial charge in [-0.3, -0.25) is 24.1 Å². The maximum absolute atomic E-state index is 14.0. The van der Waals surface area contributed by atoms with E-state index in [0.717, 1.165) is 91.6 Å². The number of hydrogen-bond donors (Lipinski definition) is 4. The molecule has 0 saturated carbocycles. The van der Waals surface area contributed by atoms with E-state index in [2.05, 4.69) is 48.1 Å². The lowest BCUT2D eigenvalue weighted by atomic mass is 9.95. The number of carbonyl (C=O) groups excluding carboxylic acids is 3. The second kappa shape index (κ2) is 23.7. The molecule has 0 bridgehead atoms. The highest BCUT2D eigenvalue weighted by Crippen LogP contribution is 2.39. The van der Waals surface area contributed by atoms with Crippen LogP contribution in [0.25, 0.3) is 0 Å². The predicted octanol–water partition coefficient (Wildman–Crippen LogP) is 8.64. The molecule has 0 atom stereocenters. The zero-order chi connectivity index (χ0) is 44.6. The second-order valence-electron chi connectivity index (χ2n) is 16.0. The Morgan fingerprint density at radius 2 is 1.34 bits per heavy atom. The zero-order valence-corrected chi connectivity index (χ0v) is 37.5. The summed E-state index contributed by atoms with van der Waals surface area (Å²) in [5.74, 6) is -2.63. The van der Waals surface area contributed by atoms with Gasteiger partial charge in [-0.25, -0.2) is 4.79 Å². The molecule has 62 heavy (non-hydrogen) atoms. The van der Waals surface area contributed by atoms with Gasteiger partial charge in [0.2, 0.25) is 5.91 Å². The Kier molecular flexibility index (Phi) is 18.3. The molecular weight excluding hydrogens is 803 g/mol. The molecule has 3 amide bonds. The van der Waals surface area contributed by atoms with Crippen molar-refractivity contribution >= 4 is 51.7 Å². The SMILES string of the molecule is CCC(CC)N(CCN(CCN(CC)CC)C(=O)CCC(=O)O)Cc1cccc(C(=O)Nc2sc3c(c2C(=O)Nc2ccc(CCc4ccc(C(=O)O)cc4)cc2)CCCC3)c1. The van der Waals surface area contributed by atoms with E-state index in [4.69, 9.17) is 0 Å². The van der Waals surface area contributed by atoms with E-state index in [0.29, 0.717) is 54.5 Å². The van der Waals surface area contributed by atoms with Gasteiger partial charge in [0.25, 0.3) is 11.8 Å². The summed E-state index contributed by atoms with van der Waals surface area (Å²) in [4.78, 5) is 71.3. The molecule has 12 nitrogen and oxygen atoms in total. The minimum Gasteiger partial charge on any atom is -0.481 e. The first-order valence-electron chi connectivity index (χ1n) is 22.2. The molecule has 0 spiro atoms. The number of aromatic carboxylic acids is 1. The van der Waals surface area contributed by atoms with Crippen LogP contribution in [0.15, 0.2) is 72.8 Å². The minimum absolute atomic E-state index is 0.0313. The number of aryl methyl sites for hydroxylation is 3. The van der Waals surface area contributed by atoms with Gasteiger partial charge < -0.3 is 30.6 Å². The van der Waals surface area contributed by atoms with Crippen LogP contribution in [-0.4, -0.2) is 99.9 Å². The Balaban J connectivity index is 1.27. The van der Waals surface area contributed by atoms with Crippen LogP contribution in [0, 0.1) is 0 Å². The van der Waals surface area contributed by atoms with E-state index in [1.807, 2.05) is 54.6 Å². The third-order valence-electron chi connectivity index (χ3n) is 11.9. The maximum Gasteiger partial charge on any atom is 0.335 e. The monoisotopic (exact) mass is 865 g/mol. The predicted molar refractivity (Wildman–Crippen MR) is 247 cm³/mol. The number of aliphatic carboxylic acids is 1. The number of carboxylic acids is 2. The molecule has 0 unspecified atom stereocenters. The van der Waals surface area contributed by atoms with Crippen molar-refractivity contribution < 1.29 is 34.2 Å². The normalized spacial score (nSPS) is 12.4. The molecule has 0 aliphatic heterocycles. The number of thiophene rings is 1. The van der Waals surface area contributed by atoms with Gasteiger partial charge in [-0.2, -0.15) is 0 Å². The highest BCUT2D eigenvalue weighted by atomic mass is 32.1. The number of nitrogens with one attached hydrogen (secondary N) is 2. The number of hydrogen-bond acceptors (Lipinski definition) is 8. The summed E-state index contributed by atoms with van der Waals surface area (Å²) in [6.45, 7) is 13.1. The number of benzene rings is 3. The Labute approximate surface area is 370 Å². The Hall–Kier alpha value is -5.37. The average Bonchev–Trinajstić information content (AvgIpc) is 3.65. The molecule has 3 aromatic carbocycles. The van der Waals surface area contributed by atoms with Crippen molar-refractivity contribution in [3.05, 3.63) is 117 Å². The maximum atomic E-state index is 14.0. The van der Waals surface area contributed by atoms with Crippen molar-refractivity contribution in [3.8, 4) is 0 Å². The summed E-state index contributed by atoms with van der Waals surface area (Å²) >= 11 is 1.48. The van der Waals surface area contributed by atoms with Gasteiger partial charge in [-0.1, -0.05) is 64.1 Å². The lowest BCUT2D eigenvalue weighted by Gasteiger charge is -2.34. The fraction of sp³-hybridized carbons (Fsp3) is 0.449. The summed E-state index contributed by atoms with van der Waals surface area (Å²) in [6.07, 6.45) is 6.76. The van der Waals surface area contributed by atoms with Crippen LogP contribution >= 0.6 is 11.3 Å². The molecule has 1 aromatic heterocycles.